The number of hydrogen-bond acceptors (Lipinski definition) is 0. The Labute approximate surface area is 60.6 Å². The monoisotopic (exact) mass is 156 g/mol. The Morgan fingerprint density at radius 2 is 1.20 bits per heavy atom. The van der Waals surface area contributed by atoms with Crippen LogP contribution in [0.5, 0.6) is 0 Å². The van der Waals surface area contributed by atoms with Gasteiger partial charge in [0.1, 0.15) is 0 Å². The summed E-state index contributed by atoms with van der Waals surface area (Å²) in [5.74, 6) is 0. The van der Waals surface area contributed by atoms with Gasteiger partial charge in [0.25, 0.3) is 0 Å². The maximum absolute atomic E-state index is 9.67. The highest BCUT2D eigenvalue weighted by Crippen LogP contribution is 1.83. The fraction of sp³-hybridized carbons (Fsp3) is 1.00. The fourth-order valence-electron chi connectivity index (χ4n) is 0. The van der Waals surface area contributed by atoms with Crippen LogP contribution in [0.4, 0.5) is 12.9 Å². The number of hydrogen-bond donors (Lipinski definition) is 0. The van der Waals surface area contributed by atoms with Gasteiger partial charge in [0.05, 0.1) is 27.7 Å². The molecule has 0 aromatic heterocycles. The zero-order valence-corrected chi connectivity index (χ0v) is 6.87. The molecule has 0 aliphatic rings. The molecule has 0 radical (unpaired) electrons. The van der Waals surface area contributed by atoms with Gasteiger partial charge in [-0.05, 0) is 6.92 Å². The fourth-order valence-corrected chi connectivity index (χ4v) is 0. The number of rotatable bonds is 1. The quantitative estimate of drug-likeness (QED) is 0.399. The van der Waals surface area contributed by atoms with E-state index in [1.807, 2.05) is 0 Å². The third-order valence-corrected chi connectivity index (χ3v) is 0.949. The summed E-state index contributed by atoms with van der Waals surface area (Å²) in [6.07, 6.45) is 0. The van der Waals surface area contributed by atoms with Crippen molar-refractivity contribution in [2.24, 2.45) is 0 Å². The molecule has 0 saturated carbocycles. The van der Waals surface area contributed by atoms with E-state index in [0.29, 0.717) is 0 Å². The molecule has 10 heavy (non-hydrogen) atoms. The number of quaternary nitrogens is 1. The first-order chi connectivity index (χ1) is 4.29. The SMILES string of the molecule is CC[N+](C)(C)C.FB(F)F. The summed E-state index contributed by atoms with van der Waals surface area (Å²) in [4.78, 5) is 0. The van der Waals surface area contributed by atoms with Crippen molar-refractivity contribution in [3.63, 3.8) is 0 Å². The molecule has 1 nitrogen and oxygen atoms in total. The van der Waals surface area contributed by atoms with E-state index >= 15 is 0 Å². The topological polar surface area (TPSA) is 0 Å². The van der Waals surface area contributed by atoms with Gasteiger partial charge in [0, 0.05) is 0 Å². The van der Waals surface area contributed by atoms with Gasteiger partial charge < -0.3 is 4.48 Å². The van der Waals surface area contributed by atoms with Gasteiger partial charge in [-0.15, -0.1) is 0 Å². The van der Waals surface area contributed by atoms with Crippen LogP contribution in [-0.2, 0) is 0 Å². The maximum atomic E-state index is 9.67. The largest absolute Gasteiger partial charge is 0.762 e. The Morgan fingerprint density at radius 1 is 1.10 bits per heavy atom. The first-order valence-electron chi connectivity index (χ1n) is 3.02. The molecule has 0 fully saturated rings. The summed E-state index contributed by atoms with van der Waals surface area (Å²) < 4.78 is 30.1. The molecule has 0 unspecified atom stereocenters. The molecule has 0 amide bonds. The van der Waals surface area contributed by atoms with Gasteiger partial charge in [0.15, 0.2) is 0 Å². The number of nitrogens with zero attached hydrogens (tertiary/aromatic N) is 1. The predicted octanol–water partition coefficient (Wildman–Crippen LogP) is 1.59. The molecule has 62 valence electrons. The lowest BCUT2D eigenvalue weighted by molar-refractivity contribution is -0.868. The Balaban J connectivity index is 0. The average molecular weight is 156 g/mol. The summed E-state index contributed by atoms with van der Waals surface area (Å²) in [6, 6.07) is 0. The lowest BCUT2D eigenvalue weighted by Crippen LogP contribution is -2.33. The van der Waals surface area contributed by atoms with Crippen molar-refractivity contribution in [1.82, 2.24) is 0 Å². The molecule has 0 heterocycles. The van der Waals surface area contributed by atoms with E-state index in [1.54, 1.807) is 0 Å². The van der Waals surface area contributed by atoms with Crippen LogP contribution < -0.4 is 0 Å². The third kappa shape index (κ3) is 45.8. The second-order valence-corrected chi connectivity index (χ2v) is 2.85. The van der Waals surface area contributed by atoms with Gasteiger partial charge in [-0.2, -0.15) is 0 Å². The van der Waals surface area contributed by atoms with Crippen LogP contribution in [0.15, 0.2) is 0 Å². The Bertz CT molecular complexity index is 69.0. The molecule has 0 bridgehead atoms. The van der Waals surface area contributed by atoms with Gasteiger partial charge in [-0.1, -0.05) is 0 Å². The van der Waals surface area contributed by atoms with Crippen molar-refractivity contribution in [2.45, 2.75) is 6.92 Å². The van der Waals surface area contributed by atoms with E-state index in [4.69, 9.17) is 0 Å². The Hall–Kier alpha value is -0.185. The summed E-state index contributed by atoms with van der Waals surface area (Å²) in [5, 5.41) is 0. The molecule has 0 atom stereocenters. The van der Waals surface area contributed by atoms with Crippen molar-refractivity contribution in [1.29, 1.82) is 0 Å². The Morgan fingerprint density at radius 3 is 1.20 bits per heavy atom. The molecule has 0 N–H and O–H groups in total. The second-order valence-electron chi connectivity index (χ2n) is 2.85. The van der Waals surface area contributed by atoms with Gasteiger partial charge in [-0.3, -0.25) is 12.9 Å². The lowest BCUT2D eigenvalue weighted by atomic mass is 10.5. The van der Waals surface area contributed by atoms with Crippen LogP contribution in [0.2, 0.25) is 0 Å². The molecule has 5 heteroatoms. The van der Waals surface area contributed by atoms with Gasteiger partial charge >= 0.3 is 7.54 Å². The van der Waals surface area contributed by atoms with E-state index in [0.717, 1.165) is 4.48 Å². The molecule has 0 rings (SSSR count). The highest BCUT2D eigenvalue weighted by Gasteiger charge is 2.06. The van der Waals surface area contributed by atoms with Crippen LogP contribution in [0, 0.1) is 0 Å². The molecular weight excluding hydrogens is 142 g/mol. The summed E-state index contributed by atoms with van der Waals surface area (Å²) in [6.45, 7) is 3.39. The lowest BCUT2D eigenvalue weighted by Gasteiger charge is -2.20. The van der Waals surface area contributed by atoms with Crippen molar-refractivity contribution in [2.75, 3.05) is 27.7 Å². The van der Waals surface area contributed by atoms with Crippen LogP contribution in [0.25, 0.3) is 0 Å². The van der Waals surface area contributed by atoms with E-state index in [-0.39, 0.29) is 0 Å². The van der Waals surface area contributed by atoms with Crippen LogP contribution in [0.3, 0.4) is 0 Å². The van der Waals surface area contributed by atoms with Crippen LogP contribution in [-0.4, -0.2) is 39.7 Å². The summed E-state index contributed by atoms with van der Waals surface area (Å²) >= 11 is 0. The van der Waals surface area contributed by atoms with Crippen molar-refractivity contribution in [3.05, 3.63) is 0 Å². The minimum absolute atomic E-state index is 1.07. The molecule has 0 aliphatic heterocycles. The van der Waals surface area contributed by atoms with Crippen molar-refractivity contribution < 1.29 is 17.4 Å². The number of halogens is 3. The maximum Gasteiger partial charge on any atom is 0.762 e. The summed E-state index contributed by atoms with van der Waals surface area (Å²) in [5.41, 5.74) is 0. The first kappa shape index (κ1) is 12.5. The Kier molecular flexibility index (Phi) is 6.98. The highest BCUT2D eigenvalue weighted by molar-refractivity contribution is 6.33. The smallest absolute Gasteiger partial charge is 0.331 e. The first-order valence-corrected chi connectivity index (χ1v) is 3.02. The van der Waals surface area contributed by atoms with Gasteiger partial charge in [-0.25, -0.2) is 0 Å². The minimum Gasteiger partial charge on any atom is -0.331 e. The van der Waals surface area contributed by atoms with E-state index in [2.05, 4.69) is 28.1 Å². The molecule has 0 saturated heterocycles. The van der Waals surface area contributed by atoms with Crippen molar-refractivity contribution in [3.8, 4) is 0 Å². The standard InChI is InChI=1S/C5H14N.BF3/c1-5-6(2,3)4;2-1(3)4/h5H2,1-4H3;/q+1;. The molecule has 0 aromatic rings. The van der Waals surface area contributed by atoms with E-state index < -0.39 is 7.54 Å². The molecule has 0 aromatic carbocycles. The predicted molar refractivity (Wildman–Crippen MR) is 37.7 cm³/mol. The van der Waals surface area contributed by atoms with Crippen LogP contribution >= 0.6 is 0 Å². The molecule has 0 spiro atoms. The summed E-state index contributed by atoms with van der Waals surface area (Å²) in [7, 11) is 2.87. The van der Waals surface area contributed by atoms with Crippen molar-refractivity contribution >= 4 is 7.54 Å². The highest BCUT2D eigenvalue weighted by atomic mass is 19.4. The second kappa shape index (κ2) is 5.59. The normalized spacial score (nSPS) is 9.90. The van der Waals surface area contributed by atoms with E-state index in [1.165, 1.54) is 6.54 Å². The van der Waals surface area contributed by atoms with E-state index in [9.17, 15) is 12.9 Å². The average Bonchev–Trinajstić information content (AvgIpc) is 1.63. The zero-order valence-electron chi connectivity index (χ0n) is 6.87. The van der Waals surface area contributed by atoms with Crippen LogP contribution in [0.1, 0.15) is 6.92 Å². The molecule has 0 aliphatic carbocycles. The minimum atomic E-state index is -3.67. The zero-order chi connectivity index (χ0) is 8.78. The van der Waals surface area contributed by atoms with Gasteiger partial charge in [0.2, 0.25) is 0 Å². The molecular formula is C5H14BF3N+. The third-order valence-electron chi connectivity index (χ3n) is 0.949.